The maximum absolute atomic E-state index is 13.2. The van der Waals surface area contributed by atoms with Crippen LogP contribution in [0.2, 0.25) is 0 Å². The van der Waals surface area contributed by atoms with Crippen LogP contribution in [-0.2, 0) is 5.79 Å². The third kappa shape index (κ3) is 4.56. The Hall–Kier alpha value is -3.48. The summed E-state index contributed by atoms with van der Waals surface area (Å²) in [7, 11) is 3.99. The lowest BCUT2D eigenvalue weighted by molar-refractivity contribution is 0.0930. The normalized spacial score (nSPS) is 18.0. The second kappa shape index (κ2) is 8.94. The number of aliphatic imine (C=N–C) groups is 1. The molecule has 1 aliphatic heterocycles. The van der Waals surface area contributed by atoms with Gasteiger partial charge in [0, 0.05) is 35.1 Å². The van der Waals surface area contributed by atoms with Crippen LogP contribution in [0.5, 0.6) is 0 Å². The molecular weight excluding hydrogens is 398 g/mol. The van der Waals surface area contributed by atoms with Crippen molar-refractivity contribution in [1.82, 2.24) is 10.2 Å². The number of hydrogen-bond acceptors (Lipinski definition) is 5. The average Bonchev–Trinajstić information content (AvgIpc) is 2.79. The van der Waals surface area contributed by atoms with Crippen LogP contribution in [0, 0.1) is 6.92 Å². The fourth-order valence-corrected chi connectivity index (χ4v) is 3.97. The summed E-state index contributed by atoms with van der Waals surface area (Å²) < 4.78 is 0. The van der Waals surface area contributed by atoms with Crippen LogP contribution in [0.15, 0.2) is 77.8 Å². The summed E-state index contributed by atoms with van der Waals surface area (Å²) in [6.07, 6.45) is 1.78. The molecule has 0 bridgehead atoms. The highest BCUT2D eigenvalue weighted by molar-refractivity contribution is 5.95. The van der Waals surface area contributed by atoms with Gasteiger partial charge in [0.2, 0.25) is 5.79 Å². The van der Waals surface area contributed by atoms with E-state index in [1.54, 1.807) is 6.21 Å². The van der Waals surface area contributed by atoms with Crippen molar-refractivity contribution >= 4 is 17.8 Å². The van der Waals surface area contributed by atoms with Crippen molar-refractivity contribution in [2.75, 3.05) is 26.0 Å². The van der Waals surface area contributed by atoms with Crippen LogP contribution in [0.4, 0.5) is 5.69 Å². The molecule has 3 aromatic rings. The molecule has 1 unspecified atom stereocenters. The van der Waals surface area contributed by atoms with E-state index in [9.17, 15) is 4.79 Å². The Morgan fingerprint density at radius 1 is 1.09 bits per heavy atom. The predicted octanol–water partition coefficient (Wildman–Crippen LogP) is 3.64. The molecule has 0 aromatic heterocycles. The molecule has 0 fully saturated rings. The smallest absolute Gasteiger partial charge is 0.251 e. The third-order valence-electron chi connectivity index (χ3n) is 5.66. The number of nitrogens with two attached hydrogens (primary N) is 1. The van der Waals surface area contributed by atoms with Gasteiger partial charge in [0.05, 0.1) is 6.04 Å². The van der Waals surface area contributed by atoms with Crippen molar-refractivity contribution in [2.45, 2.75) is 18.8 Å². The highest BCUT2D eigenvalue weighted by Gasteiger charge is 2.31. The summed E-state index contributed by atoms with van der Waals surface area (Å²) in [5.74, 6) is -1.29. The maximum Gasteiger partial charge on any atom is 0.251 e. The van der Waals surface area contributed by atoms with Crippen molar-refractivity contribution in [2.24, 2.45) is 10.7 Å². The summed E-state index contributed by atoms with van der Waals surface area (Å²) in [5.41, 5.74) is 11.9. The molecule has 0 saturated heterocycles. The first-order chi connectivity index (χ1) is 15.4. The molecule has 164 valence electrons. The van der Waals surface area contributed by atoms with Gasteiger partial charge in [-0.3, -0.25) is 10.5 Å². The van der Waals surface area contributed by atoms with Crippen LogP contribution < -0.4 is 16.4 Å². The molecule has 1 heterocycles. The van der Waals surface area contributed by atoms with Crippen LogP contribution in [0.3, 0.4) is 0 Å². The quantitative estimate of drug-likeness (QED) is 0.561. The molecule has 1 amide bonds. The first-order valence-corrected chi connectivity index (χ1v) is 10.7. The maximum atomic E-state index is 13.2. The van der Waals surface area contributed by atoms with Crippen LogP contribution in [0.1, 0.15) is 38.7 Å². The number of carbonyl (C=O) groups excluding carboxylic acids is 1. The van der Waals surface area contributed by atoms with Gasteiger partial charge >= 0.3 is 0 Å². The van der Waals surface area contributed by atoms with Crippen molar-refractivity contribution in [1.29, 1.82) is 0 Å². The first kappa shape index (κ1) is 21.7. The molecule has 4 N–H and O–H groups in total. The Bertz CT molecular complexity index is 1140. The van der Waals surface area contributed by atoms with E-state index in [-0.39, 0.29) is 11.9 Å². The van der Waals surface area contributed by atoms with E-state index in [4.69, 9.17) is 5.73 Å². The van der Waals surface area contributed by atoms with Gasteiger partial charge in [0.15, 0.2) is 0 Å². The Kier molecular flexibility index (Phi) is 6.08. The molecule has 2 atom stereocenters. The van der Waals surface area contributed by atoms with Crippen LogP contribution in [0.25, 0.3) is 0 Å². The minimum absolute atomic E-state index is 0.131. The van der Waals surface area contributed by atoms with E-state index in [2.05, 4.69) is 20.5 Å². The number of anilines is 1. The van der Waals surface area contributed by atoms with E-state index in [0.717, 1.165) is 27.9 Å². The van der Waals surface area contributed by atoms with Crippen molar-refractivity contribution < 1.29 is 4.79 Å². The number of fused-ring (bicyclic) bond motifs is 1. The van der Waals surface area contributed by atoms with Crippen molar-refractivity contribution in [3.63, 3.8) is 0 Å². The third-order valence-corrected chi connectivity index (χ3v) is 5.66. The largest absolute Gasteiger partial charge is 0.345 e. The zero-order chi connectivity index (χ0) is 22.7. The topological polar surface area (TPSA) is 82.8 Å². The van der Waals surface area contributed by atoms with Gasteiger partial charge in [0.1, 0.15) is 0 Å². The zero-order valence-electron chi connectivity index (χ0n) is 18.7. The number of aryl methyl sites for hydroxylation is 1. The number of likely N-dealkylation sites (N-methyl/N-ethyl adjacent to an activating group) is 1. The lowest BCUT2D eigenvalue weighted by Gasteiger charge is -2.33. The predicted molar refractivity (Wildman–Crippen MR) is 130 cm³/mol. The Morgan fingerprint density at radius 3 is 2.56 bits per heavy atom. The van der Waals surface area contributed by atoms with Gasteiger partial charge in [0.25, 0.3) is 5.91 Å². The number of nitrogens with zero attached hydrogens (tertiary/aromatic N) is 2. The number of rotatable bonds is 6. The standard InChI is InChI=1S/C26H29N5O/c1-18-13-14-20(25(32)29-24(17-31(2)3)19-9-5-4-6-10-19)15-22(18)26(27)28-16-21-11-7-8-12-23(21)30-26/h4-16,24,30H,17,27H2,1-3H3,(H,29,32)/t24-,26?/m0/s1. The van der Waals surface area contributed by atoms with Gasteiger partial charge in [-0.15, -0.1) is 0 Å². The molecule has 0 saturated carbocycles. The zero-order valence-corrected chi connectivity index (χ0v) is 18.7. The second-order valence-corrected chi connectivity index (χ2v) is 8.47. The number of para-hydroxylation sites is 1. The van der Waals surface area contributed by atoms with Gasteiger partial charge in [-0.25, -0.2) is 4.99 Å². The van der Waals surface area contributed by atoms with E-state index >= 15 is 0 Å². The molecule has 4 rings (SSSR count). The van der Waals surface area contributed by atoms with E-state index in [0.29, 0.717) is 12.1 Å². The SMILES string of the molecule is Cc1ccc(C(=O)N[C@@H](CN(C)C)c2ccccc2)cc1C1(N)N=Cc2ccccc2N1. The second-order valence-electron chi connectivity index (χ2n) is 8.47. The fraction of sp³-hybridized carbons (Fsp3) is 0.231. The lowest BCUT2D eigenvalue weighted by Crippen LogP contribution is -2.45. The first-order valence-electron chi connectivity index (χ1n) is 10.7. The Balaban J connectivity index is 1.62. The fourth-order valence-electron chi connectivity index (χ4n) is 3.97. The van der Waals surface area contributed by atoms with Crippen LogP contribution >= 0.6 is 0 Å². The highest BCUT2D eigenvalue weighted by atomic mass is 16.1. The number of benzene rings is 3. The van der Waals surface area contributed by atoms with Gasteiger partial charge < -0.3 is 15.5 Å². The Labute approximate surface area is 189 Å². The molecular formula is C26H29N5O. The lowest BCUT2D eigenvalue weighted by atomic mass is 9.97. The summed E-state index contributed by atoms with van der Waals surface area (Å²) in [5, 5.41) is 6.51. The monoisotopic (exact) mass is 427 g/mol. The van der Waals surface area contributed by atoms with E-state index in [1.807, 2.05) is 93.8 Å². The molecule has 3 aromatic carbocycles. The van der Waals surface area contributed by atoms with Gasteiger partial charge in [-0.05, 0) is 50.3 Å². The van der Waals surface area contributed by atoms with Crippen LogP contribution in [-0.4, -0.2) is 37.7 Å². The highest BCUT2D eigenvalue weighted by Crippen LogP contribution is 2.31. The molecule has 0 spiro atoms. The molecule has 0 aliphatic carbocycles. The Morgan fingerprint density at radius 2 is 1.81 bits per heavy atom. The minimum Gasteiger partial charge on any atom is -0.345 e. The molecule has 6 heteroatoms. The van der Waals surface area contributed by atoms with E-state index in [1.165, 1.54) is 0 Å². The number of hydrogen-bond donors (Lipinski definition) is 3. The number of amides is 1. The summed E-state index contributed by atoms with van der Waals surface area (Å²) in [6.45, 7) is 2.67. The van der Waals surface area contributed by atoms with Crippen molar-refractivity contribution in [3.05, 3.63) is 101 Å². The molecule has 6 nitrogen and oxygen atoms in total. The van der Waals surface area contributed by atoms with E-state index < -0.39 is 5.79 Å². The molecule has 32 heavy (non-hydrogen) atoms. The van der Waals surface area contributed by atoms with Gasteiger partial charge in [-0.1, -0.05) is 54.6 Å². The summed E-state index contributed by atoms with van der Waals surface area (Å²) in [4.78, 5) is 19.9. The average molecular weight is 428 g/mol. The summed E-state index contributed by atoms with van der Waals surface area (Å²) >= 11 is 0. The van der Waals surface area contributed by atoms with Crippen molar-refractivity contribution in [3.8, 4) is 0 Å². The summed E-state index contributed by atoms with van der Waals surface area (Å²) in [6, 6.07) is 23.3. The number of carbonyl (C=O) groups is 1. The molecule has 0 radical (unpaired) electrons. The number of nitrogens with one attached hydrogen (secondary N) is 2. The van der Waals surface area contributed by atoms with Gasteiger partial charge in [-0.2, -0.15) is 0 Å². The molecule has 1 aliphatic rings. The minimum atomic E-state index is -1.14.